The van der Waals surface area contributed by atoms with Gasteiger partial charge in [0, 0.05) is 48.9 Å². The number of thioether (sulfide) groups is 1. The van der Waals surface area contributed by atoms with Gasteiger partial charge in [-0.05, 0) is 86.3 Å². The first-order valence-electron chi connectivity index (χ1n) is 20.3. The first kappa shape index (κ1) is 33.6. The van der Waals surface area contributed by atoms with Crippen LogP contribution in [-0.4, -0.2) is 5.25 Å². The molecule has 12 rings (SSSR count). The average molecular weight is 762 g/mol. The Labute approximate surface area is 342 Å². The molecule has 0 fully saturated rings. The summed E-state index contributed by atoms with van der Waals surface area (Å²) in [4.78, 5) is 3.91. The van der Waals surface area contributed by atoms with E-state index < -0.39 is 0 Å². The highest BCUT2D eigenvalue weighted by molar-refractivity contribution is 8.00. The Bertz CT molecular complexity index is 3200. The monoisotopic (exact) mass is 761 g/mol. The van der Waals surface area contributed by atoms with Crippen LogP contribution in [0.3, 0.4) is 0 Å². The predicted octanol–water partition coefficient (Wildman–Crippen LogP) is 15.5. The van der Waals surface area contributed by atoms with E-state index in [1.165, 1.54) is 54.9 Å². The molecule has 2 aliphatic carbocycles. The van der Waals surface area contributed by atoms with Gasteiger partial charge in [0.05, 0.1) is 11.4 Å². The van der Waals surface area contributed by atoms with Gasteiger partial charge in [0.15, 0.2) is 0 Å². The molecular weight excluding hydrogens is 723 g/mol. The van der Waals surface area contributed by atoms with Gasteiger partial charge in [-0.1, -0.05) is 166 Å². The summed E-state index contributed by atoms with van der Waals surface area (Å²) in [5, 5.41) is 5.03. The summed E-state index contributed by atoms with van der Waals surface area (Å²) in [6.45, 7) is 4.76. The number of hydrogen-bond donors (Lipinski definition) is 0. The summed E-state index contributed by atoms with van der Waals surface area (Å²) >= 11 is 2.00. The van der Waals surface area contributed by atoms with Gasteiger partial charge in [-0.25, -0.2) is 0 Å². The molecule has 8 aromatic carbocycles. The molecule has 3 aliphatic rings. The molecule has 1 aliphatic heterocycles. The van der Waals surface area contributed by atoms with E-state index in [9.17, 15) is 0 Å². The highest BCUT2D eigenvalue weighted by Gasteiger charge is 2.39. The zero-order valence-electron chi connectivity index (χ0n) is 32.3. The van der Waals surface area contributed by atoms with Crippen molar-refractivity contribution in [3.63, 3.8) is 0 Å². The summed E-state index contributed by atoms with van der Waals surface area (Å²) in [6.07, 6.45) is 9.10. The molecule has 2 heterocycles. The Morgan fingerprint density at radius 3 is 2.17 bits per heavy atom. The first-order chi connectivity index (χ1) is 28.5. The number of fused-ring (bicyclic) bond motifs is 11. The average Bonchev–Trinajstić information content (AvgIpc) is 3.93. The van der Waals surface area contributed by atoms with E-state index in [1.54, 1.807) is 0 Å². The quantitative estimate of drug-likeness (QED) is 0.174. The van der Waals surface area contributed by atoms with Crippen molar-refractivity contribution in [2.45, 2.75) is 35.3 Å². The van der Waals surface area contributed by atoms with Crippen molar-refractivity contribution >= 4 is 61.5 Å². The number of rotatable bonds is 5. The topological polar surface area (TPSA) is 16.4 Å². The molecule has 276 valence electrons. The van der Waals surface area contributed by atoms with Gasteiger partial charge >= 0.3 is 0 Å². The minimum absolute atomic E-state index is 0.209. The van der Waals surface area contributed by atoms with E-state index in [0.717, 1.165) is 49.8 Å². The van der Waals surface area contributed by atoms with Gasteiger partial charge in [0.2, 0.25) is 0 Å². The molecule has 0 saturated carbocycles. The summed E-state index contributed by atoms with van der Waals surface area (Å²) in [7, 11) is 0. The minimum atomic E-state index is -0.209. The third-order valence-corrected chi connectivity index (χ3v) is 14.2. The second kappa shape index (κ2) is 12.7. The fraction of sp³-hybridized carbons (Fsp3) is 0.0909. The van der Waals surface area contributed by atoms with Crippen LogP contribution in [0.15, 0.2) is 197 Å². The minimum Gasteiger partial charge on any atom is -0.455 e. The maximum atomic E-state index is 6.72. The Kier molecular flexibility index (Phi) is 7.37. The number of para-hydroxylation sites is 1. The largest absolute Gasteiger partial charge is 0.455 e. The smallest absolute Gasteiger partial charge is 0.143 e. The van der Waals surface area contributed by atoms with Crippen molar-refractivity contribution in [3.05, 3.63) is 205 Å². The lowest BCUT2D eigenvalue weighted by atomic mass is 9.81. The van der Waals surface area contributed by atoms with Crippen molar-refractivity contribution < 1.29 is 4.42 Å². The van der Waals surface area contributed by atoms with Gasteiger partial charge in [0.1, 0.15) is 11.2 Å². The van der Waals surface area contributed by atoms with Crippen LogP contribution in [0, 0.1) is 0 Å². The van der Waals surface area contributed by atoms with Crippen molar-refractivity contribution in [3.8, 4) is 33.4 Å². The lowest BCUT2D eigenvalue weighted by Gasteiger charge is -2.33. The summed E-state index contributed by atoms with van der Waals surface area (Å²) in [5.74, 6) is 0.430. The van der Waals surface area contributed by atoms with Crippen LogP contribution in [0.2, 0.25) is 0 Å². The standard InChI is InChI=1S/C55H39NOS/c1-55(2)46-23-8-5-16-39(46)43-21-12-25-48(52(43)55)56(36-31-28-35(29-32-36)38-19-11-22-44-41-18-7-10-27-50(41)58-54(38)44)47-24-9-6-17-40(47)42-20-13-26-49-51(42)45-33-30-34-14-3-4-15-37(34)53(45)57-49/h3-33,41,50H,1-2H3. The Morgan fingerprint density at radius 1 is 0.552 bits per heavy atom. The molecule has 0 saturated heterocycles. The maximum Gasteiger partial charge on any atom is 0.143 e. The SMILES string of the molecule is CC1(C)c2ccccc2-c2cccc(N(c3ccc(-c4cccc5c4SC4C=CC=CC54)cc3)c3ccccc3-c3cccc4oc5c6ccccc6ccc5c34)c21. The highest BCUT2D eigenvalue weighted by Crippen LogP contribution is 2.56. The molecule has 2 unspecified atom stereocenters. The van der Waals surface area contributed by atoms with Crippen LogP contribution in [-0.2, 0) is 5.41 Å². The van der Waals surface area contributed by atoms with Crippen molar-refractivity contribution in [1.29, 1.82) is 0 Å². The van der Waals surface area contributed by atoms with Gasteiger partial charge < -0.3 is 9.32 Å². The maximum absolute atomic E-state index is 6.72. The molecule has 0 bridgehead atoms. The zero-order valence-corrected chi connectivity index (χ0v) is 33.1. The van der Waals surface area contributed by atoms with E-state index in [2.05, 4.69) is 207 Å². The summed E-state index contributed by atoms with van der Waals surface area (Å²) in [6, 6.07) is 60.3. The number of furan rings is 1. The van der Waals surface area contributed by atoms with Gasteiger partial charge in [0.25, 0.3) is 0 Å². The highest BCUT2D eigenvalue weighted by atomic mass is 32.2. The molecule has 2 atom stereocenters. The molecule has 0 N–H and O–H groups in total. The third kappa shape index (κ3) is 4.87. The van der Waals surface area contributed by atoms with E-state index in [1.807, 2.05) is 11.8 Å². The molecular formula is C55H39NOS. The zero-order chi connectivity index (χ0) is 38.5. The lowest BCUT2D eigenvalue weighted by Crippen LogP contribution is -2.21. The van der Waals surface area contributed by atoms with E-state index in [0.29, 0.717) is 11.2 Å². The summed E-state index contributed by atoms with van der Waals surface area (Å²) < 4.78 is 6.72. The number of nitrogens with zero attached hydrogens (tertiary/aromatic N) is 1. The van der Waals surface area contributed by atoms with Gasteiger partial charge in [-0.3, -0.25) is 0 Å². The van der Waals surface area contributed by atoms with Crippen LogP contribution in [0.25, 0.3) is 66.1 Å². The molecule has 2 nitrogen and oxygen atoms in total. The Hall–Kier alpha value is -6.55. The lowest BCUT2D eigenvalue weighted by molar-refractivity contribution is 0.661. The third-order valence-electron chi connectivity index (χ3n) is 12.8. The molecule has 0 amide bonds. The molecule has 0 spiro atoms. The molecule has 9 aromatic rings. The fourth-order valence-corrected chi connectivity index (χ4v) is 11.6. The van der Waals surface area contributed by atoms with Crippen LogP contribution < -0.4 is 4.90 Å². The van der Waals surface area contributed by atoms with Crippen LogP contribution in [0.5, 0.6) is 0 Å². The number of allylic oxidation sites excluding steroid dienone is 3. The number of hydrogen-bond acceptors (Lipinski definition) is 3. The Balaban J connectivity index is 1.07. The molecule has 0 radical (unpaired) electrons. The normalized spacial score (nSPS) is 17.1. The van der Waals surface area contributed by atoms with Crippen LogP contribution >= 0.6 is 11.8 Å². The van der Waals surface area contributed by atoms with E-state index in [-0.39, 0.29) is 5.41 Å². The number of anilines is 3. The molecule has 3 heteroatoms. The second-order valence-corrected chi connectivity index (χ2v) is 17.5. The van der Waals surface area contributed by atoms with Gasteiger partial charge in [-0.15, -0.1) is 11.8 Å². The fourth-order valence-electron chi connectivity index (χ4n) is 10.2. The number of benzene rings is 8. The van der Waals surface area contributed by atoms with Crippen molar-refractivity contribution in [2.75, 3.05) is 4.90 Å². The second-order valence-electron chi connectivity index (χ2n) is 16.3. The molecule has 1 aromatic heterocycles. The summed E-state index contributed by atoms with van der Waals surface area (Å²) in [5.41, 5.74) is 16.6. The van der Waals surface area contributed by atoms with Crippen molar-refractivity contribution in [2.24, 2.45) is 0 Å². The van der Waals surface area contributed by atoms with Gasteiger partial charge in [-0.2, -0.15) is 0 Å². The first-order valence-corrected chi connectivity index (χ1v) is 21.1. The van der Waals surface area contributed by atoms with E-state index in [4.69, 9.17) is 4.42 Å². The molecule has 58 heavy (non-hydrogen) atoms. The van der Waals surface area contributed by atoms with Crippen LogP contribution in [0.4, 0.5) is 17.1 Å². The van der Waals surface area contributed by atoms with Crippen molar-refractivity contribution in [1.82, 2.24) is 0 Å². The Morgan fingerprint density at radius 2 is 1.26 bits per heavy atom. The van der Waals surface area contributed by atoms with E-state index >= 15 is 0 Å². The van der Waals surface area contributed by atoms with Crippen LogP contribution in [0.1, 0.15) is 36.5 Å². The predicted molar refractivity (Wildman–Crippen MR) is 245 cm³/mol.